The lowest BCUT2D eigenvalue weighted by Crippen LogP contribution is -2.20. The minimum atomic E-state index is -0.227. The maximum Gasteiger partial charge on any atom is 0.270 e. The second-order valence-electron chi connectivity index (χ2n) is 7.30. The summed E-state index contributed by atoms with van der Waals surface area (Å²) in [5, 5.41) is 6.75. The van der Waals surface area contributed by atoms with E-state index in [1.165, 1.54) is 6.33 Å². The van der Waals surface area contributed by atoms with Crippen molar-refractivity contribution in [2.75, 3.05) is 18.9 Å². The average molecular weight is 413 g/mol. The van der Waals surface area contributed by atoms with Gasteiger partial charge < -0.3 is 10.6 Å². The lowest BCUT2D eigenvalue weighted by Gasteiger charge is -2.16. The molecular weight excluding hydrogens is 390 g/mol. The molecule has 1 amide bonds. The summed E-state index contributed by atoms with van der Waals surface area (Å²) in [6.45, 7) is 4.70. The van der Waals surface area contributed by atoms with Crippen LogP contribution in [0.1, 0.15) is 34.6 Å². The molecule has 0 saturated heterocycles. The molecule has 0 radical (unpaired) electrons. The first-order chi connectivity index (χ1) is 15.1. The predicted octanol–water partition coefficient (Wildman–Crippen LogP) is 3.37. The summed E-state index contributed by atoms with van der Waals surface area (Å²) in [7, 11) is 1.59. The third kappa shape index (κ3) is 4.32. The van der Waals surface area contributed by atoms with Gasteiger partial charge in [-0.3, -0.25) is 9.78 Å². The molecule has 3 aromatic heterocycles. The van der Waals surface area contributed by atoms with Crippen molar-refractivity contribution in [3.05, 3.63) is 72.2 Å². The summed E-state index contributed by atoms with van der Waals surface area (Å²) in [6.07, 6.45) is 4.79. The van der Waals surface area contributed by atoms with Crippen molar-refractivity contribution in [3.8, 4) is 11.3 Å². The monoisotopic (exact) mass is 413 g/mol. The van der Waals surface area contributed by atoms with Crippen LogP contribution in [0.25, 0.3) is 22.2 Å². The number of rotatable bonds is 6. The van der Waals surface area contributed by atoms with E-state index in [0.29, 0.717) is 12.2 Å². The molecule has 0 aliphatic rings. The molecule has 1 atom stereocenters. The number of anilines is 1. The van der Waals surface area contributed by atoms with Gasteiger partial charge >= 0.3 is 0 Å². The van der Waals surface area contributed by atoms with Gasteiger partial charge in [0.15, 0.2) is 0 Å². The Hall–Kier alpha value is -3.94. The first kappa shape index (κ1) is 20.3. The van der Waals surface area contributed by atoms with E-state index in [1.54, 1.807) is 13.4 Å². The van der Waals surface area contributed by atoms with Crippen LogP contribution < -0.4 is 10.6 Å². The van der Waals surface area contributed by atoms with Crippen LogP contribution >= 0.6 is 0 Å². The average Bonchev–Trinajstić information content (AvgIpc) is 2.82. The largest absolute Gasteiger partial charge is 0.369 e. The molecule has 3 heterocycles. The fourth-order valence-corrected chi connectivity index (χ4v) is 3.41. The highest BCUT2D eigenvalue weighted by Crippen LogP contribution is 2.26. The van der Waals surface area contributed by atoms with Crippen LogP contribution in [-0.2, 0) is 0 Å². The Morgan fingerprint density at radius 3 is 2.65 bits per heavy atom. The minimum Gasteiger partial charge on any atom is -0.369 e. The van der Waals surface area contributed by atoms with Crippen LogP contribution in [0, 0.1) is 6.92 Å². The van der Waals surface area contributed by atoms with E-state index < -0.39 is 0 Å². The molecule has 8 nitrogen and oxygen atoms in total. The number of pyridine rings is 1. The first-order valence-corrected chi connectivity index (χ1v) is 10.0. The van der Waals surface area contributed by atoms with Crippen LogP contribution in [-0.4, -0.2) is 44.4 Å². The van der Waals surface area contributed by atoms with Crippen molar-refractivity contribution in [1.82, 2.24) is 30.2 Å². The molecule has 0 spiro atoms. The summed E-state index contributed by atoms with van der Waals surface area (Å²) >= 11 is 0. The maximum absolute atomic E-state index is 12.2. The second kappa shape index (κ2) is 8.83. The van der Waals surface area contributed by atoms with Gasteiger partial charge in [0, 0.05) is 48.4 Å². The van der Waals surface area contributed by atoms with Crippen molar-refractivity contribution in [3.63, 3.8) is 0 Å². The van der Waals surface area contributed by atoms with E-state index in [1.807, 2.05) is 49.5 Å². The van der Waals surface area contributed by atoms with Crippen LogP contribution in [0.15, 0.2) is 55.2 Å². The fraction of sp³-hybridized carbons (Fsp3) is 0.217. The van der Waals surface area contributed by atoms with E-state index >= 15 is 0 Å². The van der Waals surface area contributed by atoms with Crippen molar-refractivity contribution < 1.29 is 4.79 Å². The van der Waals surface area contributed by atoms with Gasteiger partial charge in [0.1, 0.15) is 24.2 Å². The standard InChI is InChI=1S/C23H23N7O/c1-14(17-5-4-6-18-21(17)29-13-30-22(18)23(31)24-3)10-26-20-9-19(27-12-28-20)16-8-7-15(2)25-11-16/h4-9,11-14H,10H2,1-3H3,(H,24,31)(H,26,27,28). The number of para-hydroxylation sites is 1. The Labute approximate surface area is 180 Å². The SMILES string of the molecule is CNC(=O)c1ncnc2c(C(C)CNc3cc(-c4ccc(C)nc4)ncn3)cccc12. The fourth-order valence-electron chi connectivity index (χ4n) is 3.41. The second-order valence-corrected chi connectivity index (χ2v) is 7.30. The lowest BCUT2D eigenvalue weighted by molar-refractivity contribution is 0.0960. The number of benzene rings is 1. The van der Waals surface area contributed by atoms with Gasteiger partial charge in [0.05, 0.1) is 11.2 Å². The number of carbonyl (C=O) groups is 1. The molecule has 1 unspecified atom stereocenters. The third-order valence-corrected chi connectivity index (χ3v) is 5.13. The Morgan fingerprint density at radius 1 is 1.03 bits per heavy atom. The highest BCUT2D eigenvalue weighted by Gasteiger charge is 2.16. The summed E-state index contributed by atoms with van der Waals surface area (Å²) in [5.41, 5.74) is 4.90. The van der Waals surface area contributed by atoms with Gasteiger partial charge in [0.2, 0.25) is 0 Å². The zero-order chi connectivity index (χ0) is 21.8. The van der Waals surface area contributed by atoms with E-state index in [-0.39, 0.29) is 11.8 Å². The van der Waals surface area contributed by atoms with Crippen LogP contribution in [0.5, 0.6) is 0 Å². The molecular formula is C23H23N7O. The number of amides is 1. The molecule has 4 rings (SSSR count). The van der Waals surface area contributed by atoms with Crippen molar-refractivity contribution >= 4 is 22.6 Å². The molecule has 0 aliphatic heterocycles. The highest BCUT2D eigenvalue weighted by atomic mass is 16.1. The smallest absolute Gasteiger partial charge is 0.270 e. The molecule has 2 N–H and O–H groups in total. The molecule has 0 saturated carbocycles. The number of carbonyl (C=O) groups excluding carboxylic acids is 1. The summed E-state index contributed by atoms with van der Waals surface area (Å²) < 4.78 is 0. The van der Waals surface area contributed by atoms with Crippen molar-refractivity contribution in [2.24, 2.45) is 0 Å². The zero-order valence-electron chi connectivity index (χ0n) is 17.6. The molecule has 156 valence electrons. The van der Waals surface area contributed by atoms with Crippen LogP contribution in [0.4, 0.5) is 5.82 Å². The van der Waals surface area contributed by atoms with E-state index in [9.17, 15) is 4.79 Å². The third-order valence-electron chi connectivity index (χ3n) is 5.13. The Kier molecular flexibility index (Phi) is 5.79. The quantitative estimate of drug-likeness (QED) is 0.499. The first-order valence-electron chi connectivity index (χ1n) is 10.0. The molecule has 0 aliphatic carbocycles. The van der Waals surface area contributed by atoms with Gasteiger partial charge in [-0.05, 0) is 24.6 Å². The van der Waals surface area contributed by atoms with E-state index in [0.717, 1.165) is 39.2 Å². The van der Waals surface area contributed by atoms with Crippen LogP contribution in [0.2, 0.25) is 0 Å². The molecule has 0 fully saturated rings. The molecule has 31 heavy (non-hydrogen) atoms. The topological polar surface area (TPSA) is 106 Å². The van der Waals surface area contributed by atoms with Crippen LogP contribution in [0.3, 0.4) is 0 Å². The van der Waals surface area contributed by atoms with Gasteiger partial charge in [0.25, 0.3) is 5.91 Å². The number of hydrogen-bond acceptors (Lipinski definition) is 7. The summed E-state index contributed by atoms with van der Waals surface area (Å²) in [6, 6.07) is 11.7. The number of fused-ring (bicyclic) bond motifs is 1. The summed E-state index contributed by atoms with van der Waals surface area (Å²) in [5.74, 6) is 0.628. The number of nitrogens with one attached hydrogen (secondary N) is 2. The van der Waals surface area contributed by atoms with Gasteiger partial charge in [-0.25, -0.2) is 19.9 Å². The van der Waals surface area contributed by atoms with Crippen molar-refractivity contribution in [1.29, 1.82) is 0 Å². The van der Waals surface area contributed by atoms with E-state index in [4.69, 9.17) is 0 Å². The lowest BCUT2D eigenvalue weighted by atomic mass is 9.97. The number of hydrogen-bond donors (Lipinski definition) is 2. The predicted molar refractivity (Wildman–Crippen MR) is 120 cm³/mol. The van der Waals surface area contributed by atoms with Gasteiger partial charge in [-0.1, -0.05) is 25.1 Å². The minimum absolute atomic E-state index is 0.121. The van der Waals surface area contributed by atoms with Gasteiger partial charge in [-0.15, -0.1) is 0 Å². The Bertz CT molecular complexity index is 1220. The molecule has 8 heteroatoms. The summed E-state index contributed by atoms with van der Waals surface area (Å²) in [4.78, 5) is 33.8. The number of nitrogens with zero attached hydrogens (tertiary/aromatic N) is 5. The zero-order valence-corrected chi connectivity index (χ0v) is 17.6. The molecule has 4 aromatic rings. The molecule has 0 bridgehead atoms. The highest BCUT2D eigenvalue weighted by molar-refractivity contribution is 6.04. The Morgan fingerprint density at radius 2 is 1.87 bits per heavy atom. The van der Waals surface area contributed by atoms with Crippen molar-refractivity contribution in [2.45, 2.75) is 19.8 Å². The number of aryl methyl sites for hydroxylation is 1. The van der Waals surface area contributed by atoms with Gasteiger partial charge in [-0.2, -0.15) is 0 Å². The normalized spacial score (nSPS) is 11.8. The Balaban J connectivity index is 1.55. The molecule has 1 aromatic carbocycles. The number of aromatic nitrogens is 5. The maximum atomic E-state index is 12.2. The van der Waals surface area contributed by atoms with E-state index in [2.05, 4.69) is 42.5 Å².